The van der Waals surface area contributed by atoms with E-state index in [4.69, 9.17) is 10.00 Å². The molecule has 3 heterocycles. The van der Waals surface area contributed by atoms with Gasteiger partial charge in [-0.3, -0.25) is 34.3 Å². The Kier molecular flexibility index (Phi) is 14.1. The fourth-order valence-electron chi connectivity index (χ4n) is 8.63. The quantitative estimate of drug-likeness (QED) is 0.154. The Morgan fingerprint density at radius 1 is 1.00 bits per heavy atom. The van der Waals surface area contributed by atoms with Crippen LogP contribution >= 0.6 is 24.4 Å². The van der Waals surface area contributed by atoms with Gasteiger partial charge in [-0.15, -0.1) is 12.4 Å². The maximum atomic E-state index is 13.6. The first-order chi connectivity index (χ1) is 27.3. The number of halogens is 4. The van der Waals surface area contributed by atoms with E-state index in [0.717, 1.165) is 41.6 Å². The molecule has 3 aliphatic heterocycles. The predicted octanol–water partition coefficient (Wildman–Crippen LogP) is 6.10. The van der Waals surface area contributed by atoms with Crippen molar-refractivity contribution in [2.75, 3.05) is 38.1 Å². The van der Waals surface area contributed by atoms with Gasteiger partial charge in [0.2, 0.25) is 17.7 Å². The summed E-state index contributed by atoms with van der Waals surface area (Å²) in [4.78, 5) is 70.4. The van der Waals surface area contributed by atoms with Crippen LogP contribution in [0, 0.1) is 11.3 Å². The second-order valence-corrected chi connectivity index (χ2v) is 17.5. The smallest absolute Gasteiger partial charge is 0.377 e. The number of hydrogen-bond donors (Lipinski definition) is 2. The molecule has 2 aromatic carbocycles. The molecular weight excluding hydrogens is 811 g/mol. The zero-order chi connectivity index (χ0) is 42.2. The van der Waals surface area contributed by atoms with Crippen molar-refractivity contribution in [2.24, 2.45) is 0 Å². The molecular formula is C41H51ClF3N7O6S. The van der Waals surface area contributed by atoms with Gasteiger partial charge >= 0.3 is 12.2 Å². The minimum absolute atomic E-state index is 0. The lowest BCUT2D eigenvalue weighted by molar-refractivity contribution is -0.138. The second-order valence-electron chi connectivity index (χ2n) is 16.5. The first-order valence-electron chi connectivity index (χ1n) is 19.6. The SMILES string of the molecule is C[C@@H]1CN(CCOC2CCC(N3C(=O)N(Sc4ccc(C#N)c(C(F)(F)F)c4)C(=O)C3(C)C)CC2)C[C@H](C)N1CC(=O)Nc1ccc([C@@]2(C)CCC(=O)NC2=O)cc1.Cl. The van der Waals surface area contributed by atoms with Gasteiger partial charge in [0.1, 0.15) is 5.54 Å². The van der Waals surface area contributed by atoms with Gasteiger partial charge in [0.15, 0.2) is 0 Å². The zero-order valence-electron chi connectivity index (χ0n) is 33.8. The van der Waals surface area contributed by atoms with E-state index in [2.05, 4.69) is 34.3 Å². The van der Waals surface area contributed by atoms with Crippen molar-refractivity contribution in [1.29, 1.82) is 5.26 Å². The number of imide groups is 2. The third kappa shape index (κ3) is 9.89. The van der Waals surface area contributed by atoms with E-state index >= 15 is 0 Å². The van der Waals surface area contributed by atoms with Gasteiger partial charge in [-0.25, -0.2) is 4.79 Å². The number of hydrogen-bond acceptors (Lipinski definition) is 10. The third-order valence-electron chi connectivity index (χ3n) is 12.0. The van der Waals surface area contributed by atoms with Gasteiger partial charge in [-0.1, -0.05) is 12.1 Å². The maximum absolute atomic E-state index is 13.6. The summed E-state index contributed by atoms with van der Waals surface area (Å²) in [7, 11) is 0. The molecule has 0 aromatic heterocycles. The summed E-state index contributed by atoms with van der Waals surface area (Å²) in [5, 5.41) is 14.5. The van der Waals surface area contributed by atoms with Crippen molar-refractivity contribution in [3.8, 4) is 6.07 Å². The highest BCUT2D eigenvalue weighted by Crippen LogP contribution is 2.42. The summed E-state index contributed by atoms with van der Waals surface area (Å²) in [6.07, 6.45) is -1.48. The molecule has 0 spiro atoms. The van der Waals surface area contributed by atoms with E-state index in [1.807, 2.05) is 19.1 Å². The minimum atomic E-state index is -4.77. The van der Waals surface area contributed by atoms with Crippen molar-refractivity contribution < 1.29 is 41.9 Å². The minimum Gasteiger partial charge on any atom is -0.377 e. The van der Waals surface area contributed by atoms with E-state index in [-0.39, 0.29) is 72.2 Å². The number of carbonyl (C=O) groups is 5. The number of urea groups is 1. The number of ether oxygens (including phenoxy) is 1. The first-order valence-corrected chi connectivity index (χ1v) is 20.4. The number of alkyl halides is 3. The second kappa shape index (κ2) is 18.2. The van der Waals surface area contributed by atoms with Crippen molar-refractivity contribution in [3.05, 3.63) is 59.2 Å². The van der Waals surface area contributed by atoms with E-state index in [1.165, 1.54) is 12.1 Å². The van der Waals surface area contributed by atoms with E-state index in [9.17, 15) is 37.1 Å². The van der Waals surface area contributed by atoms with Crippen LogP contribution in [0.1, 0.15) is 89.8 Å². The van der Waals surface area contributed by atoms with Crippen LogP contribution in [0.25, 0.3) is 0 Å². The van der Waals surface area contributed by atoms with Crippen LogP contribution in [0.15, 0.2) is 47.4 Å². The Hall–Kier alpha value is -4.21. The van der Waals surface area contributed by atoms with Crippen LogP contribution < -0.4 is 10.6 Å². The Morgan fingerprint density at radius 2 is 1.64 bits per heavy atom. The fraction of sp³-hybridized carbons (Fsp3) is 0.561. The summed E-state index contributed by atoms with van der Waals surface area (Å²) in [5.41, 5.74) is -2.24. The molecule has 0 unspecified atom stereocenters. The predicted molar refractivity (Wildman–Crippen MR) is 216 cm³/mol. The van der Waals surface area contributed by atoms with Crippen LogP contribution in [-0.2, 0) is 35.5 Å². The van der Waals surface area contributed by atoms with Crippen LogP contribution in [-0.4, -0.2) is 111 Å². The van der Waals surface area contributed by atoms with Gasteiger partial charge in [-0.05, 0) is 115 Å². The molecule has 0 radical (unpaired) electrons. The van der Waals surface area contributed by atoms with Crippen LogP contribution in [0.4, 0.5) is 23.7 Å². The lowest BCUT2D eigenvalue weighted by Crippen LogP contribution is -2.58. The molecule has 13 nitrogen and oxygen atoms in total. The van der Waals surface area contributed by atoms with E-state index in [1.54, 1.807) is 30.9 Å². The molecule has 3 saturated heterocycles. The zero-order valence-corrected chi connectivity index (χ0v) is 35.4. The van der Waals surface area contributed by atoms with E-state index < -0.39 is 40.2 Å². The molecule has 2 aromatic rings. The van der Waals surface area contributed by atoms with Crippen molar-refractivity contribution in [1.82, 2.24) is 24.3 Å². The number of amides is 6. The number of anilines is 1. The summed E-state index contributed by atoms with van der Waals surface area (Å²) < 4.78 is 47.9. The fourth-order valence-corrected chi connectivity index (χ4v) is 9.61. The standard InChI is InChI=1S/C41H50F3N7O6S.ClH/c1-25-22-48(23-26(2)49(25)24-35(53)46-29-9-7-28(8-10-29)40(5)17-16-34(52)47-36(40)54)18-19-57-31-13-11-30(12-14-31)50-38(56)51(37(55)39(50,3)4)58-32-15-6-27(21-45)33(20-32)41(42,43)44;/h6-10,15,20,25-26,30-31H,11-14,16-19,22-24H2,1-5H3,(H,46,53)(H,47,52,54);1H/t25-,26+,30?,31?,40-;/m1./s1. The highest BCUT2D eigenvalue weighted by Gasteiger charge is 2.55. The van der Waals surface area contributed by atoms with Crippen molar-refractivity contribution in [3.63, 3.8) is 0 Å². The monoisotopic (exact) mass is 861 g/mol. The van der Waals surface area contributed by atoms with Gasteiger partial charge in [0.25, 0.3) is 5.91 Å². The van der Waals surface area contributed by atoms with E-state index in [0.29, 0.717) is 56.3 Å². The molecule has 6 rings (SSSR count). The Balaban J connectivity index is 0.00000661. The molecule has 320 valence electrons. The normalized spacial score (nSPS) is 26.6. The number of piperazine rings is 1. The molecule has 6 amide bonds. The molecule has 18 heteroatoms. The Labute approximate surface area is 352 Å². The molecule has 4 aliphatic rings. The largest absolute Gasteiger partial charge is 0.417 e. The molecule has 2 N–H and O–H groups in total. The lowest BCUT2D eigenvalue weighted by Gasteiger charge is -2.44. The van der Waals surface area contributed by atoms with Crippen LogP contribution in [0.3, 0.4) is 0 Å². The Morgan fingerprint density at radius 3 is 2.24 bits per heavy atom. The average Bonchev–Trinajstić information content (AvgIpc) is 3.33. The number of nitriles is 1. The van der Waals surface area contributed by atoms with Gasteiger partial charge in [-0.2, -0.15) is 22.7 Å². The number of piperidine rings is 1. The third-order valence-corrected chi connectivity index (χ3v) is 13.0. The number of benzene rings is 2. The molecule has 0 bridgehead atoms. The van der Waals surface area contributed by atoms with Gasteiger partial charge in [0.05, 0.1) is 41.9 Å². The number of rotatable bonds is 11. The van der Waals surface area contributed by atoms with Gasteiger partial charge < -0.3 is 15.0 Å². The summed E-state index contributed by atoms with van der Waals surface area (Å²) >= 11 is 0.633. The molecule has 4 fully saturated rings. The highest BCUT2D eigenvalue weighted by molar-refractivity contribution is 7.98. The maximum Gasteiger partial charge on any atom is 0.417 e. The summed E-state index contributed by atoms with van der Waals surface area (Å²) in [6, 6.07) is 11.3. The summed E-state index contributed by atoms with van der Waals surface area (Å²) in [6.45, 7) is 12.3. The average molecular weight is 862 g/mol. The Bertz CT molecular complexity index is 1960. The van der Waals surface area contributed by atoms with Gasteiger partial charge in [0, 0.05) is 54.8 Å². The topological polar surface area (TPSA) is 155 Å². The first kappa shape index (κ1) is 45.9. The van der Waals surface area contributed by atoms with Crippen LogP contribution in [0.5, 0.6) is 0 Å². The summed E-state index contributed by atoms with van der Waals surface area (Å²) in [5.74, 6) is -1.23. The molecule has 3 atom stereocenters. The van der Waals surface area contributed by atoms with Crippen molar-refractivity contribution in [2.45, 2.75) is 119 Å². The molecule has 1 saturated carbocycles. The van der Waals surface area contributed by atoms with Crippen LogP contribution in [0.2, 0.25) is 0 Å². The number of nitrogens with one attached hydrogen (secondary N) is 2. The number of nitrogens with zero attached hydrogens (tertiary/aromatic N) is 5. The number of carbonyl (C=O) groups excluding carboxylic acids is 5. The molecule has 59 heavy (non-hydrogen) atoms. The lowest BCUT2D eigenvalue weighted by atomic mass is 9.75. The highest BCUT2D eigenvalue weighted by atomic mass is 35.5. The van der Waals surface area contributed by atoms with Crippen molar-refractivity contribution >= 4 is 59.7 Å². The molecule has 1 aliphatic carbocycles.